The molecule has 0 spiro atoms. The molecular weight excluding hydrogens is 444 g/mol. The van der Waals surface area contributed by atoms with Gasteiger partial charge in [-0.1, -0.05) is 44.2 Å². The zero-order valence-electron chi connectivity index (χ0n) is 20.1. The van der Waals surface area contributed by atoms with Gasteiger partial charge in [0.05, 0.1) is 31.6 Å². The summed E-state index contributed by atoms with van der Waals surface area (Å²) in [5.74, 6) is 1.34. The van der Waals surface area contributed by atoms with Crippen molar-refractivity contribution in [1.82, 2.24) is 0 Å². The largest absolute Gasteiger partial charge is 0.493 e. The predicted octanol–water partition coefficient (Wildman–Crippen LogP) is 6.04. The minimum atomic E-state index is -0.306. The molecule has 178 valence electrons. The SMILES string of the molecule is COc1ccc(-c2coc3c4c(ccc3c2=O)OC(=O)C[C@@H]4c2ccc(C(C)C)cc2)cc1OC. The first kappa shape index (κ1) is 22.7. The van der Waals surface area contributed by atoms with E-state index in [0.717, 1.165) is 11.1 Å². The second kappa shape index (κ2) is 8.95. The first-order valence-electron chi connectivity index (χ1n) is 11.5. The maximum Gasteiger partial charge on any atom is 0.312 e. The molecule has 0 amide bonds. The number of carbonyl (C=O) groups is 1. The molecule has 1 atom stereocenters. The Kier molecular flexibility index (Phi) is 5.81. The average Bonchev–Trinajstić information content (AvgIpc) is 2.87. The van der Waals surface area contributed by atoms with Crippen LogP contribution < -0.4 is 19.6 Å². The molecule has 0 bridgehead atoms. The lowest BCUT2D eigenvalue weighted by Crippen LogP contribution is -2.22. The number of fused-ring (bicyclic) bond motifs is 3. The molecule has 0 N–H and O–H groups in total. The third-order valence-electron chi connectivity index (χ3n) is 6.58. The molecule has 0 aliphatic carbocycles. The van der Waals surface area contributed by atoms with Gasteiger partial charge in [0.1, 0.15) is 17.6 Å². The summed E-state index contributed by atoms with van der Waals surface area (Å²) >= 11 is 0. The predicted molar refractivity (Wildman–Crippen MR) is 134 cm³/mol. The van der Waals surface area contributed by atoms with Gasteiger partial charge in [0, 0.05) is 11.5 Å². The van der Waals surface area contributed by atoms with Gasteiger partial charge in [0.25, 0.3) is 0 Å². The Balaban J connectivity index is 1.66. The van der Waals surface area contributed by atoms with Crippen molar-refractivity contribution in [3.63, 3.8) is 0 Å². The van der Waals surface area contributed by atoms with Crippen LogP contribution >= 0.6 is 0 Å². The number of rotatable bonds is 5. The highest BCUT2D eigenvalue weighted by Gasteiger charge is 2.32. The third-order valence-corrected chi connectivity index (χ3v) is 6.58. The molecule has 4 aromatic rings. The van der Waals surface area contributed by atoms with E-state index in [1.54, 1.807) is 44.6 Å². The Morgan fingerprint density at radius 3 is 2.34 bits per heavy atom. The summed E-state index contributed by atoms with van der Waals surface area (Å²) < 4.78 is 22.3. The lowest BCUT2D eigenvalue weighted by Gasteiger charge is -2.26. The fraction of sp³-hybridized carbons (Fsp3) is 0.241. The van der Waals surface area contributed by atoms with Crippen LogP contribution in [0.4, 0.5) is 0 Å². The first-order valence-corrected chi connectivity index (χ1v) is 11.5. The summed E-state index contributed by atoms with van der Waals surface area (Å²) in [6, 6.07) is 16.9. The zero-order chi connectivity index (χ0) is 24.7. The summed E-state index contributed by atoms with van der Waals surface area (Å²) in [6.07, 6.45) is 1.63. The number of hydrogen-bond acceptors (Lipinski definition) is 6. The summed E-state index contributed by atoms with van der Waals surface area (Å²) in [6.45, 7) is 4.28. The van der Waals surface area contributed by atoms with E-state index in [2.05, 4.69) is 26.0 Å². The molecule has 6 heteroatoms. The average molecular weight is 471 g/mol. The Morgan fingerprint density at radius 1 is 0.914 bits per heavy atom. The Hall–Kier alpha value is -4.06. The molecular formula is C29H26O6. The molecule has 0 radical (unpaired) electrons. The van der Waals surface area contributed by atoms with Gasteiger partial charge in [0.15, 0.2) is 11.5 Å². The standard InChI is InChI=1S/C29H26O6/c1-16(2)17-5-7-18(8-6-17)21-14-26(30)35-24-12-10-20-28(31)22(15-34-29(20)27(21)24)19-9-11-23(32-3)25(13-19)33-4/h5-13,15-16,21H,14H2,1-4H3/t21-/m1/s1. The van der Waals surface area contributed by atoms with Crippen LogP contribution in [0.1, 0.15) is 48.8 Å². The van der Waals surface area contributed by atoms with Crippen LogP contribution in [0.15, 0.2) is 70.1 Å². The molecule has 1 aliphatic heterocycles. The molecule has 0 fully saturated rings. The van der Waals surface area contributed by atoms with E-state index in [1.807, 2.05) is 12.1 Å². The van der Waals surface area contributed by atoms with E-state index in [-0.39, 0.29) is 23.7 Å². The highest BCUT2D eigenvalue weighted by Crippen LogP contribution is 2.43. The van der Waals surface area contributed by atoms with Crippen molar-refractivity contribution in [1.29, 1.82) is 0 Å². The molecule has 0 unspecified atom stereocenters. The van der Waals surface area contributed by atoms with Crippen molar-refractivity contribution in [3.8, 4) is 28.4 Å². The van der Waals surface area contributed by atoms with Gasteiger partial charge in [-0.25, -0.2) is 0 Å². The van der Waals surface area contributed by atoms with E-state index in [0.29, 0.717) is 45.3 Å². The highest BCUT2D eigenvalue weighted by atomic mass is 16.5. The smallest absolute Gasteiger partial charge is 0.312 e. The molecule has 0 saturated carbocycles. The van der Waals surface area contributed by atoms with E-state index < -0.39 is 0 Å². The van der Waals surface area contributed by atoms with E-state index in [1.165, 1.54) is 11.8 Å². The maximum absolute atomic E-state index is 13.6. The van der Waals surface area contributed by atoms with Crippen LogP contribution in [-0.4, -0.2) is 20.2 Å². The van der Waals surface area contributed by atoms with Crippen LogP contribution in [0.25, 0.3) is 22.1 Å². The first-order chi connectivity index (χ1) is 16.9. The fourth-order valence-corrected chi connectivity index (χ4v) is 4.66. The normalized spacial score (nSPS) is 15.1. The lowest BCUT2D eigenvalue weighted by atomic mass is 9.84. The lowest BCUT2D eigenvalue weighted by molar-refractivity contribution is -0.135. The van der Waals surface area contributed by atoms with E-state index >= 15 is 0 Å². The van der Waals surface area contributed by atoms with Gasteiger partial charge in [-0.2, -0.15) is 0 Å². The van der Waals surface area contributed by atoms with Crippen LogP contribution in [-0.2, 0) is 4.79 Å². The maximum atomic E-state index is 13.6. The monoisotopic (exact) mass is 470 g/mol. The fourth-order valence-electron chi connectivity index (χ4n) is 4.66. The Bertz CT molecular complexity index is 1480. The topological polar surface area (TPSA) is 75.0 Å². The van der Waals surface area contributed by atoms with Crippen molar-refractivity contribution >= 4 is 16.9 Å². The molecule has 1 aromatic heterocycles. The zero-order valence-corrected chi connectivity index (χ0v) is 20.1. The Morgan fingerprint density at radius 2 is 1.66 bits per heavy atom. The summed E-state index contributed by atoms with van der Waals surface area (Å²) in [7, 11) is 3.11. The van der Waals surface area contributed by atoms with E-state index in [4.69, 9.17) is 18.6 Å². The van der Waals surface area contributed by atoms with Crippen LogP contribution in [0.3, 0.4) is 0 Å². The number of ether oxygens (including phenoxy) is 3. The number of methoxy groups -OCH3 is 2. The van der Waals surface area contributed by atoms with Gasteiger partial charge < -0.3 is 18.6 Å². The van der Waals surface area contributed by atoms with Crippen molar-refractivity contribution in [3.05, 3.63) is 87.8 Å². The molecule has 1 aliphatic rings. The molecule has 3 aromatic carbocycles. The minimum absolute atomic E-state index is 0.174. The summed E-state index contributed by atoms with van der Waals surface area (Å²) in [5.41, 5.74) is 4.24. The minimum Gasteiger partial charge on any atom is -0.493 e. The molecule has 2 heterocycles. The third kappa shape index (κ3) is 3.95. The molecule has 5 rings (SSSR count). The van der Waals surface area contributed by atoms with Crippen LogP contribution in [0.2, 0.25) is 0 Å². The van der Waals surface area contributed by atoms with Gasteiger partial charge in [-0.3, -0.25) is 9.59 Å². The molecule has 0 saturated heterocycles. The quantitative estimate of drug-likeness (QED) is 0.261. The van der Waals surface area contributed by atoms with Crippen molar-refractivity contribution < 1.29 is 23.4 Å². The van der Waals surface area contributed by atoms with Crippen LogP contribution in [0.5, 0.6) is 17.2 Å². The number of carbonyl (C=O) groups excluding carboxylic acids is 1. The second-order valence-electron chi connectivity index (χ2n) is 8.95. The number of benzene rings is 3. The molecule has 35 heavy (non-hydrogen) atoms. The van der Waals surface area contributed by atoms with Gasteiger partial charge in [0.2, 0.25) is 5.43 Å². The molecule has 6 nitrogen and oxygen atoms in total. The van der Waals surface area contributed by atoms with E-state index in [9.17, 15) is 9.59 Å². The summed E-state index contributed by atoms with van der Waals surface area (Å²) in [4.78, 5) is 26.0. The number of esters is 1. The second-order valence-corrected chi connectivity index (χ2v) is 8.95. The van der Waals surface area contributed by atoms with Crippen molar-refractivity contribution in [2.24, 2.45) is 0 Å². The van der Waals surface area contributed by atoms with Gasteiger partial charge in [-0.15, -0.1) is 0 Å². The highest BCUT2D eigenvalue weighted by molar-refractivity contribution is 5.90. The van der Waals surface area contributed by atoms with Gasteiger partial charge in [-0.05, 0) is 46.9 Å². The van der Waals surface area contributed by atoms with Crippen molar-refractivity contribution in [2.75, 3.05) is 14.2 Å². The van der Waals surface area contributed by atoms with Gasteiger partial charge >= 0.3 is 5.97 Å². The number of hydrogen-bond donors (Lipinski definition) is 0. The van der Waals surface area contributed by atoms with Crippen LogP contribution in [0, 0.1) is 0 Å². The summed E-state index contributed by atoms with van der Waals surface area (Å²) in [5, 5.41) is 0.429. The van der Waals surface area contributed by atoms with Crippen molar-refractivity contribution in [2.45, 2.75) is 32.1 Å². The Labute approximate surface area is 203 Å².